The van der Waals surface area contributed by atoms with Gasteiger partial charge in [-0.3, -0.25) is 4.79 Å². The predicted octanol–water partition coefficient (Wildman–Crippen LogP) is 4.41. The summed E-state index contributed by atoms with van der Waals surface area (Å²) in [6, 6.07) is 0.212. The van der Waals surface area contributed by atoms with Crippen LogP contribution < -0.4 is 10.6 Å². The average Bonchev–Trinajstić information content (AvgIpc) is 2.45. The minimum absolute atomic E-state index is 0.0751. The Balaban J connectivity index is 3.44. The summed E-state index contributed by atoms with van der Waals surface area (Å²) >= 11 is 0. The highest BCUT2D eigenvalue weighted by atomic mass is 16.2. The van der Waals surface area contributed by atoms with Crippen molar-refractivity contribution in [1.29, 1.82) is 0 Å². The Morgan fingerprint density at radius 3 is 2.00 bits per heavy atom. The Hall–Kier alpha value is -0.570. The molecule has 0 aliphatic heterocycles. The zero-order chi connectivity index (χ0) is 15.9. The zero-order valence-electron chi connectivity index (χ0n) is 14.8. The summed E-state index contributed by atoms with van der Waals surface area (Å²) in [5.41, 5.74) is 0. The van der Waals surface area contributed by atoms with Gasteiger partial charge in [0.15, 0.2) is 0 Å². The van der Waals surface area contributed by atoms with Crippen LogP contribution in [0.1, 0.15) is 91.9 Å². The molecule has 0 aromatic rings. The molecule has 0 aliphatic rings. The maximum atomic E-state index is 11.9. The maximum absolute atomic E-state index is 11.9. The Morgan fingerprint density at radius 1 is 0.857 bits per heavy atom. The Labute approximate surface area is 132 Å². The van der Waals surface area contributed by atoms with E-state index < -0.39 is 0 Å². The summed E-state index contributed by atoms with van der Waals surface area (Å²) < 4.78 is 0. The van der Waals surface area contributed by atoms with Gasteiger partial charge in [-0.25, -0.2) is 0 Å². The summed E-state index contributed by atoms with van der Waals surface area (Å²) in [4.78, 5) is 11.9. The third-order valence-electron chi connectivity index (χ3n) is 3.98. The van der Waals surface area contributed by atoms with E-state index in [1.165, 1.54) is 51.4 Å². The fourth-order valence-electron chi connectivity index (χ4n) is 2.54. The molecule has 126 valence electrons. The van der Waals surface area contributed by atoms with Crippen molar-refractivity contribution in [3.63, 3.8) is 0 Å². The highest BCUT2D eigenvalue weighted by Gasteiger charge is 2.13. The molecular formula is C18H38N2O. The van der Waals surface area contributed by atoms with Gasteiger partial charge in [-0.1, -0.05) is 65.2 Å². The average molecular weight is 299 g/mol. The minimum atomic E-state index is -0.0751. The number of carbonyl (C=O) groups is 1. The predicted molar refractivity (Wildman–Crippen MR) is 92.6 cm³/mol. The largest absolute Gasteiger partial charge is 0.352 e. The lowest BCUT2D eigenvalue weighted by molar-refractivity contribution is -0.123. The van der Waals surface area contributed by atoms with Crippen molar-refractivity contribution < 1.29 is 4.79 Å². The molecule has 0 heterocycles. The molecule has 0 radical (unpaired) electrons. The minimum Gasteiger partial charge on any atom is -0.352 e. The van der Waals surface area contributed by atoms with Gasteiger partial charge < -0.3 is 10.6 Å². The van der Waals surface area contributed by atoms with Crippen LogP contribution in [0.3, 0.4) is 0 Å². The van der Waals surface area contributed by atoms with E-state index in [0.717, 1.165) is 19.4 Å². The van der Waals surface area contributed by atoms with E-state index >= 15 is 0 Å². The van der Waals surface area contributed by atoms with Crippen molar-refractivity contribution in [1.82, 2.24) is 10.6 Å². The molecule has 0 saturated carbocycles. The first-order valence-corrected chi connectivity index (χ1v) is 9.15. The number of nitrogens with one attached hydrogen (secondary N) is 2. The molecule has 0 saturated heterocycles. The van der Waals surface area contributed by atoms with Crippen molar-refractivity contribution in [2.75, 3.05) is 6.54 Å². The van der Waals surface area contributed by atoms with Gasteiger partial charge in [-0.05, 0) is 33.2 Å². The van der Waals surface area contributed by atoms with Crippen LogP contribution in [0.4, 0.5) is 0 Å². The van der Waals surface area contributed by atoms with Gasteiger partial charge in [0.1, 0.15) is 0 Å². The van der Waals surface area contributed by atoms with Crippen LogP contribution in [0.5, 0.6) is 0 Å². The van der Waals surface area contributed by atoms with Crippen LogP contribution in [0.2, 0.25) is 0 Å². The first kappa shape index (κ1) is 20.4. The molecule has 0 spiro atoms. The van der Waals surface area contributed by atoms with Crippen LogP contribution in [-0.4, -0.2) is 24.5 Å². The lowest BCUT2D eigenvalue weighted by atomic mass is 10.1. The molecule has 3 heteroatoms. The molecule has 0 aromatic carbocycles. The van der Waals surface area contributed by atoms with Gasteiger partial charge in [0, 0.05) is 6.04 Å². The van der Waals surface area contributed by atoms with Gasteiger partial charge in [-0.15, -0.1) is 0 Å². The SMILES string of the molecule is CCCCCCCCCCNC(C)C(=O)NC(C)CCC. The number of carbonyl (C=O) groups excluding carboxylic acids is 1. The molecule has 2 atom stereocenters. The lowest BCUT2D eigenvalue weighted by Gasteiger charge is -2.18. The second kappa shape index (κ2) is 14.4. The fourth-order valence-corrected chi connectivity index (χ4v) is 2.54. The number of unbranched alkanes of at least 4 members (excludes halogenated alkanes) is 7. The van der Waals surface area contributed by atoms with E-state index in [1.54, 1.807) is 0 Å². The van der Waals surface area contributed by atoms with Crippen LogP contribution in [-0.2, 0) is 4.79 Å². The second-order valence-corrected chi connectivity index (χ2v) is 6.35. The van der Waals surface area contributed by atoms with Crippen LogP contribution >= 0.6 is 0 Å². The van der Waals surface area contributed by atoms with Gasteiger partial charge in [0.05, 0.1) is 6.04 Å². The number of hydrogen-bond donors (Lipinski definition) is 2. The van der Waals surface area contributed by atoms with E-state index in [0.29, 0.717) is 0 Å². The van der Waals surface area contributed by atoms with Gasteiger partial charge in [-0.2, -0.15) is 0 Å². The summed E-state index contributed by atoms with van der Waals surface area (Å²) in [6.45, 7) is 9.38. The van der Waals surface area contributed by atoms with Gasteiger partial charge in [0.2, 0.25) is 5.91 Å². The highest BCUT2D eigenvalue weighted by Crippen LogP contribution is 2.08. The Bertz CT molecular complexity index is 243. The van der Waals surface area contributed by atoms with E-state index in [2.05, 4.69) is 31.4 Å². The smallest absolute Gasteiger partial charge is 0.237 e. The third-order valence-corrected chi connectivity index (χ3v) is 3.98. The summed E-state index contributed by atoms with van der Waals surface area (Å²) in [7, 11) is 0. The Morgan fingerprint density at radius 2 is 1.43 bits per heavy atom. The third kappa shape index (κ3) is 12.9. The number of amides is 1. The molecule has 0 fully saturated rings. The van der Waals surface area contributed by atoms with E-state index in [-0.39, 0.29) is 18.0 Å². The van der Waals surface area contributed by atoms with Crippen molar-refractivity contribution in [3.05, 3.63) is 0 Å². The first-order valence-electron chi connectivity index (χ1n) is 9.15. The first-order chi connectivity index (χ1) is 10.1. The quantitative estimate of drug-likeness (QED) is 0.466. The normalized spacial score (nSPS) is 13.9. The molecule has 21 heavy (non-hydrogen) atoms. The zero-order valence-corrected chi connectivity index (χ0v) is 14.8. The van der Waals surface area contributed by atoms with Crippen molar-refractivity contribution in [3.8, 4) is 0 Å². The van der Waals surface area contributed by atoms with E-state index in [9.17, 15) is 4.79 Å². The highest BCUT2D eigenvalue weighted by molar-refractivity contribution is 5.81. The maximum Gasteiger partial charge on any atom is 0.237 e. The number of rotatable bonds is 14. The fraction of sp³-hybridized carbons (Fsp3) is 0.944. The van der Waals surface area contributed by atoms with Crippen molar-refractivity contribution in [2.45, 2.75) is 104 Å². The summed E-state index contributed by atoms with van der Waals surface area (Å²) in [6.07, 6.45) is 12.8. The molecule has 2 N–H and O–H groups in total. The van der Waals surface area contributed by atoms with Crippen molar-refractivity contribution >= 4 is 5.91 Å². The second-order valence-electron chi connectivity index (χ2n) is 6.35. The molecule has 1 amide bonds. The molecule has 0 rings (SSSR count). The van der Waals surface area contributed by atoms with E-state index in [1.807, 2.05) is 6.92 Å². The standard InChI is InChI=1S/C18H38N2O/c1-5-7-8-9-10-11-12-13-15-19-17(4)18(21)20-16(3)14-6-2/h16-17,19H,5-15H2,1-4H3,(H,20,21). The molecule has 2 unspecified atom stereocenters. The molecule has 3 nitrogen and oxygen atoms in total. The summed E-state index contributed by atoms with van der Waals surface area (Å²) in [5, 5.41) is 6.39. The van der Waals surface area contributed by atoms with E-state index in [4.69, 9.17) is 0 Å². The lowest BCUT2D eigenvalue weighted by Crippen LogP contribution is -2.45. The molecule has 0 bridgehead atoms. The number of hydrogen-bond acceptors (Lipinski definition) is 2. The van der Waals surface area contributed by atoms with Crippen molar-refractivity contribution in [2.24, 2.45) is 0 Å². The molecule has 0 aromatic heterocycles. The van der Waals surface area contributed by atoms with Gasteiger partial charge in [0.25, 0.3) is 0 Å². The molecule has 0 aliphatic carbocycles. The van der Waals surface area contributed by atoms with Gasteiger partial charge >= 0.3 is 0 Å². The monoisotopic (exact) mass is 298 g/mol. The topological polar surface area (TPSA) is 41.1 Å². The van der Waals surface area contributed by atoms with Crippen LogP contribution in [0, 0.1) is 0 Å². The summed E-state index contributed by atoms with van der Waals surface area (Å²) in [5.74, 6) is 0.135. The Kier molecular flexibility index (Phi) is 14.0. The van der Waals surface area contributed by atoms with Crippen LogP contribution in [0.25, 0.3) is 0 Å². The van der Waals surface area contributed by atoms with Crippen LogP contribution in [0.15, 0.2) is 0 Å². The molecular weight excluding hydrogens is 260 g/mol.